The summed E-state index contributed by atoms with van der Waals surface area (Å²) in [7, 11) is 0. The summed E-state index contributed by atoms with van der Waals surface area (Å²) in [6, 6.07) is 0. The lowest BCUT2D eigenvalue weighted by atomic mass is 10.3. The average molecular weight is 221 g/mol. The Morgan fingerprint density at radius 2 is 0.846 bits per heavy atom. The first-order valence-corrected chi connectivity index (χ1v) is 3.31. The van der Waals surface area contributed by atoms with E-state index in [1.165, 1.54) is 16.3 Å². The van der Waals surface area contributed by atoms with E-state index in [0.717, 1.165) is 0 Å². The Labute approximate surface area is 89.3 Å². The molecule has 1 aromatic rings. The summed E-state index contributed by atoms with van der Waals surface area (Å²) in [6.45, 7) is 0. The van der Waals surface area contributed by atoms with Crippen LogP contribution in [0.3, 0.4) is 0 Å². The third kappa shape index (κ3) is 2.06. The van der Waals surface area contributed by atoms with Gasteiger partial charge in [-0.15, -0.1) is 0 Å². The molecule has 5 radical (unpaired) electrons. The number of hydrogen-bond donors (Lipinski definition) is 0. The van der Waals surface area contributed by atoms with Crippen molar-refractivity contribution in [1.29, 1.82) is 0 Å². The molecule has 13 heavy (non-hydrogen) atoms. The minimum atomic E-state index is -2.14. The van der Waals surface area contributed by atoms with Crippen molar-refractivity contribution in [1.82, 2.24) is 0 Å². The summed E-state index contributed by atoms with van der Waals surface area (Å²) in [6.07, 6.45) is 0. The third-order valence-electron chi connectivity index (χ3n) is 1.24. The minimum Gasteiger partial charge on any atom is -0.205 e. The van der Waals surface area contributed by atoms with Crippen LogP contribution in [0.2, 0.25) is 0 Å². The number of halogens is 5. The molecule has 1 aromatic carbocycles. The van der Waals surface area contributed by atoms with Gasteiger partial charge in [-0.3, -0.25) is 0 Å². The first-order chi connectivity index (χ1) is 5.46. The molecule has 0 spiro atoms. The normalized spacial score (nSPS) is 9.62. The van der Waals surface area contributed by atoms with Crippen LogP contribution in [-0.2, 0) is 0 Å². The highest BCUT2D eigenvalue weighted by Gasteiger charge is 2.21. The first kappa shape index (κ1) is 12.9. The predicted molar refractivity (Wildman–Crippen MR) is 37.4 cm³/mol. The summed E-state index contributed by atoms with van der Waals surface area (Å²) in [4.78, 5) is 0. The Kier molecular flexibility index (Phi) is 4.41. The van der Waals surface area contributed by atoms with Crippen LogP contribution in [0.15, 0.2) is 0 Å². The fourth-order valence-electron chi connectivity index (χ4n) is 0.622. The van der Waals surface area contributed by atoms with Gasteiger partial charge in [0.2, 0.25) is 0 Å². The van der Waals surface area contributed by atoms with Crippen molar-refractivity contribution in [2.45, 2.75) is 0 Å². The van der Waals surface area contributed by atoms with Gasteiger partial charge >= 0.3 is 0 Å². The maximum Gasteiger partial charge on any atom is 0.200 e. The van der Waals surface area contributed by atoms with E-state index in [0.29, 0.717) is 0 Å². The van der Waals surface area contributed by atoms with Crippen molar-refractivity contribution in [2.75, 3.05) is 0 Å². The van der Waals surface area contributed by atoms with Crippen molar-refractivity contribution in [3.63, 3.8) is 0 Å². The molecule has 0 N–H and O–H groups in total. The topological polar surface area (TPSA) is 0 Å². The maximum absolute atomic E-state index is 12.4. The molecule has 0 unspecified atom stereocenters. The number of benzene rings is 1. The molecule has 0 fully saturated rings. The standard InChI is InChI=1S/C6F5.2Al/c7-2-1-3(8)5(10)6(11)4(2)9;;. The van der Waals surface area contributed by atoms with Gasteiger partial charge in [0.1, 0.15) is 11.6 Å². The van der Waals surface area contributed by atoms with Crippen LogP contribution >= 0.6 is 0 Å². The zero-order valence-electron chi connectivity index (χ0n) is 6.04. The molecular weight excluding hydrogens is 221 g/mol. The highest BCUT2D eigenvalue weighted by molar-refractivity contribution is 6.32. The predicted octanol–water partition coefficient (Wildman–Crippen LogP) is 0.795. The van der Waals surface area contributed by atoms with Crippen LogP contribution < -0.4 is 4.43 Å². The summed E-state index contributed by atoms with van der Waals surface area (Å²) in [5.41, 5.74) is 0. The van der Waals surface area contributed by atoms with Crippen molar-refractivity contribution in [3.05, 3.63) is 29.1 Å². The average Bonchev–Trinajstić information content (AvgIpc) is 2.08. The molecule has 7 heteroatoms. The van der Waals surface area contributed by atoms with Crippen molar-refractivity contribution < 1.29 is 22.0 Å². The van der Waals surface area contributed by atoms with E-state index in [1.807, 2.05) is 0 Å². The van der Waals surface area contributed by atoms with E-state index >= 15 is 0 Å². The Morgan fingerprint density at radius 1 is 0.615 bits per heavy atom. The molecule has 0 aliphatic carbocycles. The molecule has 0 amide bonds. The molecule has 0 heterocycles. The summed E-state index contributed by atoms with van der Waals surface area (Å²) in [5.74, 6) is -9.65. The Balaban J connectivity index is 0.00000144. The second-order valence-electron chi connectivity index (χ2n) is 1.98. The van der Waals surface area contributed by atoms with Crippen LogP contribution in [0.1, 0.15) is 0 Å². The SMILES string of the molecule is Fc1c(F)c(F)[c]([Al])c(F)c1F.[Al]. The number of hydrogen-bond acceptors (Lipinski definition) is 0. The van der Waals surface area contributed by atoms with E-state index < -0.39 is 33.5 Å². The molecule has 0 aliphatic rings. The van der Waals surface area contributed by atoms with Crippen molar-refractivity contribution >= 4 is 38.1 Å². The van der Waals surface area contributed by atoms with E-state index in [-0.39, 0.29) is 17.4 Å². The van der Waals surface area contributed by atoms with Gasteiger partial charge in [-0.1, -0.05) is 4.43 Å². The van der Waals surface area contributed by atoms with E-state index in [4.69, 9.17) is 0 Å². The second-order valence-corrected chi connectivity index (χ2v) is 2.56. The molecule has 65 valence electrons. The van der Waals surface area contributed by atoms with Crippen LogP contribution in [0, 0.1) is 29.1 Å². The lowest BCUT2D eigenvalue weighted by Gasteiger charge is -2.03. The van der Waals surface area contributed by atoms with Gasteiger partial charge in [-0.25, -0.2) is 22.0 Å². The van der Waals surface area contributed by atoms with Gasteiger partial charge in [-0.05, 0) is 0 Å². The quantitative estimate of drug-likeness (QED) is 0.263. The van der Waals surface area contributed by atoms with Crippen LogP contribution in [0.5, 0.6) is 0 Å². The van der Waals surface area contributed by atoms with Gasteiger partial charge in [0.15, 0.2) is 33.7 Å². The molecule has 0 saturated heterocycles. The fraction of sp³-hybridized carbons (Fsp3) is 0. The smallest absolute Gasteiger partial charge is 0.200 e. The summed E-state index contributed by atoms with van der Waals surface area (Å²) in [5, 5.41) is 0. The van der Waals surface area contributed by atoms with Crippen molar-refractivity contribution in [2.24, 2.45) is 0 Å². The van der Waals surface area contributed by atoms with E-state index in [1.54, 1.807) is 0 Å². The third-order valence-corrected chi connectivity index (χ3v) is 1.75. The fourth-order valence-corrected chi connectivity index (χ4v) is 0.875. The van der Waals surface area contributed by atoms with Gasteiger partial charge in [0, 0.05) is 17.4 Å². The Hall–Kier alpha value is -0.0651. The highest BCUT2D eigenvalue weighted by Crippen LogP contribution is 2.14. The Morgan fingerprint density at radius 3 is 1.15 bits per heavy atom. The van der Waals surface area contributed by atoms with Crippen LogP contribution in [0.25, 0.3) is 0 Å². The zero-order chi connectivity index (χ0) is 9.46. The lowest BCUT2D eigenvalue weighted by molar-refractivity contribution is 0.384. The molecule has 0 aliphatic heterocycles. The largest absolute Gasteiger partial charge is 0.205 e. The number of rotatable bonds is 0. The summed E-state index contributed by atoms with van der Waals surface area (Å²) < 4.78 is 60.5. The van der Waals surface area contributed by atoms with Gasteiger partial charge < -0.3 is 0 Å². The van der Waals surface area contributed by atoms with Crippen LogP contribution in [0.4, 0.5) is 22.0 Å². The molecule has 0 nitrogen and oxygen atoms in total. The monoisotopic (exact) mass is 221 g/mol. The molecule has 0 atom stereocenters. The van der Waals surface area contributed by atoms with Gasteiger partial charge in [0.25, 0.3) is 0 Å². The van der Waals surface area contributed by atoms with E-state index in [9.17, 15) is 22.0 Å². The van der Waals surface area contributed by atoms with Crippen molar-refractivity contribution in [3.8, 4) is 0 Å². The molecule has 0 bridgehead atoms. The molecule has 0 saturated carbocycles. The van der Waals surface area contributed by atoms with Crippen LogP contribution in [-0.4, -0.2) is 33.7 Å². The molecular formula is C6Al2F5. The van der Waals surface area contributed by atoms with Gasteiger partial charge in [-0.2, -0.15) is 0 Å². The highest BCUT2D eigenvalue weighted by atomic mass is 27.0. The van der Waals surface area contributed by atoms with Gasteiger partial charge in [0.05, 0.1) is 0 Å². The summed E-state index contributed by atoms with van der Waals surface area (Å²) >= 11 is 1.44. The lowest BCUT2D eigenvalue weighted by Crippen LogP contribution is -2.20. The first-order valence-electron chi connectivity index (χ1n) is 2.73. The second kappa shape index (κ2) is 4.44. The molecule has 1 rings (SSSR count). The Bertz CT molecular complexity index is 233. The minimum absolute atomic E-state index is 0. The maximum atomic E-state index is 12.4. The molecule has 0 aromatic heterocycles. The van der Waals surface area contributed by atoms with E-state index in [2.05, 4.69) is 0 Å². The zero-order valence-corrected chi connectivity index (χ0v) is 8.35.